The van der Waals surface area contributed by atoms with Gasteiger partial charge in [0.25, 0.3) is 0 Å². The smallest absolute Gasteiger partial charge is 0.338 e. The van der Waals surface area contributed by atoms with Crippen molar-refractivity contribution in [3.05, 3.63) is 67.2 Å². The highest BCUT2D eigenvalue weighted by molar-refractivity contribution is 9.10. The Kier molecular flexibility index (Phi) is 10.3. The number of nitrogens with zero attached hydrogens (tertiary/aromatic N) is 3. The lowest BCUT2D eigenvalue weighted by Crippen LogP contribution is -2.30. The van der Waals surface area contributed by atoms with Gasteiger partial charge in [0.15, 0.2) is 11.5 Å². The normalized spacial score (nSPS) is 14.7. The molecule has 2 aromatic carbocycles. The largest absolute Gasteiger partial charge is 0.493 e. The number of ether oxygens (including phenoxy) is 3. The Morgan fingerprint density at radius 2 is 2.02 bits per heavy atom. The number of thioether (sulfide) groups is 1. The summed E-state index contributed by atoms with van der Waals surface area (Å²) in [5.41, 5.74) is 2.61. The first-order valence-electron chi connectivity index (χ1n) is 12.8. The molecule has 2 heterocycles. The maximum absolute atomic E-state index is 13.4. The third kappa shape index (κ3) is 6.90. The molecule has 0 fully saturated rings. The van der Waals surface area contributed by atoms with Gasteiger partial charge in [-0.2, -0.15) is 4.98 Å². The highest BCUT2D eigenvalue weighted by Crippen LogP contribution is 2.43. The van der Waals surface area contributed by atoms with Crippen molar-refractivity contribution in [2.45, 2.75) is 64.4 Å². The molecular weight excluding hydrogens is 639 g/mol. The number of fused-ring (bicyclic) bond motifs is 1. The molecule has 1 aliphatic heterocycles. The number of aromatic nitrogens is 3. The van der Waals surface area contributed by atoms with E-state index in [0.717, 1.165) is 29.7 Å². The van der Waals surface area contributed by atoms with Crippen LogP contribution in [0.1, 0.15) is 57.7 Å². The Morgan fingerprint density at radius 3 is 2.70 bits per heavy atom. The van der Waals surface area contributed by atoms with E-state index in [1.807, 2.05) is 39.0 Å². The first-order valence-corrected chi connectivity index (χ1v) is 15.4. The van der Waals surface area contributed by atoms with Crippen molar-refractivity contribution in [3.8, 4) is 11.5 Å². The Bertz CT molecular complexity index is 1430. The van der Waals surface area contributed by atoms with Crippen molar-refractivity contribution in [2.24, 2.45) is 0 Å². The molecule has 1 aromatic heterocycles. The van der Waals surface area contributed by atoms with E-state index < -0.39 is 12.0 Å². The average Bonchev–Trinajstić information content (AvgIpc) is 3.29. The summed E-state index contributed by atoms with van der Waals surface area (Å²) in [6.07, 6.45) is 1.85. The van der Waals surface area contributed by atoms with Gasteiger partial charge in [-0.1, -0.05) is 54.4 Å². The van der Waals surface area contributed by atoms with Gasteiger partial charge in [0.05, 0.1) is 23.3 Å². The van der Waals surface area contributed by atoms with Gasteiger partial charge in [-0.15, -0.1) is 5.10 Å². The number of methoxy groups -OCH3 is 1. The number of carbonyl (C=O) groups excluding carboxylic acids is 1. The number of nitrogens with one attached hydrogen (secondary N) is 1. The zero-order chi connectivity index (χ0) is 29.0. The SMILES string of the molecule is CCCCSc1nc2n(n1)C(c1cc(Br)c(OCc3ccc(Cl)cc3Cl)c(OC)c1)C(C(=O)OC(C)C)=C(C)N2. The number of hydrogen-bond donors (Lipinski definition) is 1. The minimum atomic E-state index is -0.611. The van der Waals surface area contributed by atoms with Gasteiger partial charge in [0.2, 0.25) is 11.1 Å². The number of esters is 1. The summed E-state index contributed by atoms with van der Waals surface area (Å²) in [5, 5.41) is 9.72. The third-order valence-electron chi connectivity index (χ3n) is 6.08. The number of rotatable bonds is 11. The van der Waals surface area contributed by atoms with Gasteiger partial charge in [-0.25, -0.2) is 9.48 Å². The second-order valence-corrected chi connectivity index (χ2v) is 12.2. The molecule has 3 aromatic rings. The number of anilines is 1. The fourth-order valence-corrected chi connectivity index (χ4v) is 6.13. The lowest BCUT2D eigenvalue weighted by Gasteiger charge is -2.29. The highest BCUT2D eigenvalue weighted by Gasteiger charge is 2.36. The van der Waals surface area contributed by atoms with Gasteiger partial charge in [0, 0.05) is 27.1 Å². The van der Waals surface area contributed by atoms with Crippen LogP contribution in [0.25, 0.3) is 0 Å². The maximum Gasteiger partial charge on any atom is 0.338 e. The summed E-state index contributed by atoms with van der Waals surface area (Å²) >= 11 is 17.6. The van der Waals surface area contributed by atoms with E-state index in [-0.39, 0.29) is 12.7 Å². The minimum absolute atomic E-state index is 0.203. The van der Waals surface area contributed by atoms with E-state index in [4.69, 9.17) is 47.5 Å². The number of halogens is 3. The molecule has 0 saturated heterocycles. The van der Waals surface area contributed by atoms with Crippen LogP contribution in [0.3, 0.4) is 0 Å². The van der Waals surface area contributed by atoms with Crippen LogP contribution in [-0.2, 0) is 16.1 Å². The molecule has 12 heteroatoms. The zero-order valence-electron chi connectivity index (χ0n) is 22.9. The van der Waals surface area contributed by atoms with Gasteiger partial charge in [-0.05, 0) is 73.0 Å². The van der Waals surface area contributed by atoms with Crippen molar-refractivity contribution < 1.29 is 19.0 Å². The van der Waals surface area contributed by atoms with Crippen LogP contribution in [0.2, 0.25) is 10.0 Å². The molecule has 4 rings (SSSR count). The van der Waals surface area contributed by atoms with Crippen LogP contribution in [0, 0.1) is 0 Å². The molecule has 1 atom stereocenters. The fourth-order valence-electron chi connectivity index (χ4n) is 4.18. The molecule has 1 unspecified atom stereocenters. The number of unbranched alkanes of at least 4 members (excludes halogenated alkanes) is 1. The second kappa shape index (κ2) is 13.5. The monoisotopic (exact) mass is 668 g/mol. The standard InChI is InChI=1S/C28H31BrCl2N4O4S/c1-6-7-10-40-28-33-27-32-16(4)23(26(36)39-15(2)3)24(35(27)34-28)18-11-20(29)25(22(12-18)37-5)38-14-17-8-9-19(30)13-21(17)31/h8-9,11-13,15,24H,6-7,10,14H2,1-5H3,(H,32,33,34). The number of benzene rings is 2. The summed E-state index contributed by atoms with van der Waals surface area (Å²) in [4.78, 5) is 18.1. The van der Waals surface area contributed by atoms with Crippen molar-refractivity contribution in [3.63, 3.8) is 0 Å². The topological polar surface area (TPSA) is 87.5 Å². The number of allylic oxidation sites excluding steroid dienone is 1. The summed E-state index contributed by atoms with van der Waals surface area (Å²) in [6, 6.07) is 8.37. The zero-order valence-corrected chi connectivity index (χ0v) is 26.8. The molecule has 0 radical (unpaired) electrons. The van der Waals surface area contributed by atoms with E-state index in [2.05, 4.69) is 28.2 Å². The number of carbonyl (C=O) groups is 1. The van der Waals surface area contributed by atoms with Crippen LogP contribution < -0.4 is 14.8 Å². The van der Waals surface area contributed by atoms with Gasteiger partial charge in [0.1, 0.15) is 12.6 Å². The van der Waals surface area contributed by atoms with E-state index >= 15 is 0 Å². The van der Waals surface area contributed by atoms with Crippen LogP contribution in [0.5, 0.6) is 11.5 Å². The van der Waals surface area contributed by atoms with Gasteiger partial charge in [-0.3, -0.25) is 0 Å². The van der Waals surface area contributed by atoms with Crippen molar-refractivity contribution in [1.82, 2.24) is 14.8 Å². The Hall–Kier alpha value is -2.40. The maximum atomic E-state index is 13.4. The van der Waals surface area contributed by atoms with Crippen molar-refractivity contribution in [1.29, 1.82) is 0 Å². The molecule has 0 amide bonds. The molecule has 0 aliphatic carbocycles. The first kappa shape index (κ1) is 30.6. The quantitative estimate of drug-likeness (QED) is 0.125. The van der Waals surface area contributed by atoms with Gasteiger partial charge >= 0.3 is 5.97 Å². The predicted octanol–water partition coefficient (Wildman–Crippen LogP) is 8.07. The molecule has 0 bridgehead atoms. The lowest BCUT2D eigenvalue weighted by molar-refractivity contribution is -0.143. The molecule has 0 spiro atoms. The highest BCUT2D eigenvalue weighted by atomic mass is 79.9. The second-order valence-electron chi connectivity index (χ2n) is 9.44. The molecule has 1 aliphatic rings. The Balaban J connectivity index is 1.74. The molecule has 40 heavy (non-hydrogen) atoms. The van der Waals surface area contributed by atoms with E-state index in [1.165, 1.54) is 0 Å². The van der Waals surface area contributed by atoms with Crippen LogP contribution >= 0.6 is 50.9 Å². The van der Waals surface area contributed by atoms with Crippen LogP contribution in [0.4, 0.5) is 5.95 Å². The lowest BCUT2D eigenvalue weighted by atomic mass is 9.95. The first-order chi connectivity index (χ1) is 19.1. The van der Waals surface area contributed by atoms with E-state index in [9.17, 15) is 4.79 Å². The minimum Gasteiger partial charge on any atom is -0.493 e. The average molecular weight is 670 g/mol. The summed E-state index contributed by atoms with van der Waals surface area (Å²) in [6.45, 7) is 7.83. The Labute approximate surface area is 256 Å². The summed E-state index contributed by atoms with van der Waals surface area (Å²) in [5.74, 6) is 1.99. The van der Waals surface area contributed by atoms with Crippen LogP contribution in [-0.4, -0.2) is 39.7 Å². The summed E-state index contributed by atoms with van der Waals surface area (Å²) < 4.78 is 19.9. The molecule has 1 N–H and O–H groups in total. The number of hydrogen-bond acceptors (Lipinski definition) is 8. The molecular formula is C28H31BrCl2N4O4S. The van der Waals surface area contributed by atoms with Gasteiger partial charge < -0.3 is 19.5 Å². The van der Waals surface area contributed by atoms with Crippen molar-refractivity contribution in [2.75, 3.05) is 18.2 Å². The van der Waals surface area contributed by atoms with E-state index in [0.29, 0.717) is 48.4 Å². The fraction of sp³-hybridized carbons (Fsp3) is 0.393. The molecule has 8 nitrogen and oxygen atoms in total. The molecule has 214 valence electrons. The van der Waals surface area contributed by atoms with E-state index in [1.54, 1.807) is 35.7 Å². The Morgan fingerprint density at radius 1 is 1.25 bits per heavy atom. The summed E-state index contributed by atoms with van der Waals surface area (Å²) in [7, 11) is 1.56. The predicted molar refractivity (Wildman–Crippen MR) is 163 cm³/mol. The van der Waals surface area contributed by atoms with Crippen LogP contribution in [0.15, 0.2) is 51.2 Å². The third-order valence-corrected chi connectivity index (χ3v) is 8.18. The van der Waals surface area contributed by atoms with Crippen molar-refractivity contribution >= 4 is 62.8 Å². The molecule has 0 saturated carbocycles.